The molecule has 0 saturated heterocycles. The van der Waals surface area contributed by atoms with Crippen molar-refractivity contribution < 1.29 is 14.3 Å². The van der Waals surface area contributed by atoms with Crippen LogP contribution in [0.2, 0.25) is 0 Å². The number of thiophene rings is 1. The first-order valence-electron chi connectivity index (χ1n) is 6.14. The van der Waals surface area contributed by atoms with E-state index in [2.05, 4.69) is 0 Å². The molecule has 20 heavy (non-hydrogen) atoms. The lowest BCUT2D eigenvalue weighted by Gasteiger charge is -1.99. The molecule has 0 spiro atoms. The molecule has 0 saturated carbocycles. The van der Waals surface area contributed by atoms with Gasteiger partial charge >= 0.3 is 5.97 Å². The lowest BCUT2D eigenvalue weighted by molar-refractivity contribution is 0.0606. The minimum absolute atomic E-state index is 0.0346. The molecular formula is C15H13NO3S. The zero-order valence-electron chi connectivity index (χ0n) is 11.4. The highest BCUT2D eigenvalue weighted by Crippen LogP contribution is 2.35. The molecule has 0 aliphatic rings. The Hall–Kier alpha value is -2.14. The van der Waals surface area contributed by atoms with Crippen molar-refractivity contribution in [1.29, 1.82) is 0 Å². The molecule has 0 bridgehead atoms. The van der Waals surface area contributed by atoms with Crippen molar-refractivity contribution in [3.05, 3.63) is 34.7 Å². The summed E-state index contributed by atoms with van der Waals surface area (Å²) < 4.78 is 6.79. The third-order valence-electron chi connectivity index (χ3n) is 3.46. The summed E-state index contributed by atoms with van der Waals surface area (Å²) in [5, 5.41) is 1.97. The number of rotatable bonds is 2. The quantitative estimate of drug-likeness (QED) is 0.536. The van der Waals surface area contributed by atoms with Gasteiger partial charge in [0.2, 0.25) is 0 Å². The number of hydrogen-bond donors (Lipinski definition) is 0. The first-order valence-corrected chi connectivity index (χ1v) is 6.96. The number of carbonyl (C=O) groups is 2. The van der Waals surface area contributed by atoms with E-state index in [9.17, 15) is 9.59 Å². The number of nitrogens with zero attached hydrogens (tertiary/aromatic N) is 1. The van der Waals surface area contributed by atoms with Gasteiger partial charge in [0.1, 0.15) is 9.71 Å². The number of aryl methyl sites for hydroxylation is 1. The number of esters is 1. The maximum Gasteiger partial charge on any atom is 0.348 e. The Morgan fingerprint density at radius 1 is 1.20 bits per heavy atom. The fraction of sp³-hybridized carbons (Fsp3) is 0.200. The molecule has 2 heterocycles. The molecule has 3 rings (SSSR count). The lowest BCUT2D eigenvalue weighted by atomic mass is 10.1. The molecule has 0 radical (unpaired) electrons. The van der Waals surface area contributed by atoms with Gasteiger partial charge in [0.25, 0.3) is 0 Å². The fourth-order valence-electron chi connectivity index (χ4n) is 2.40. The van der Waals surface area contributed by atoms with E-state index < -0.39 is 0 Å². The average Bonchev–Trinajstić information content (AvgIpc) is 2.98. The number of hydrogen-bond acceptors (Lipinski definition) is 4. The minimum atomic E-state index is -0.331. The van der Waals surface area contributed by atoms with Gasteiger partial charge in [-0.25, -0.2) is 4.79 Å². The average molecular weight is 287 g/mol. The molecular weight excluding hydrogens is 274 g/mol. The Morgan fingerprint density at radius 3 is 2.60 bits per heavy atom. The van der Waals surface area contributed by atoms with E-state index in [0.29, 0.717) is 10.4 Å². The molecule has 3 aromatic rings. The van der Waals surface area contributed by atoms with Crippen LogP contribution in [0.3, 0.4) is 0 Å². The van der Waals surface area contributed by atoms with Crippen molar-refractivity contribution in [2.45, 2.75) is 6.92 Å². The van der Waals surface area contributed by atoms with Crippen LogP contribution in [-0.4, -0.2) is 23.4 Å². The van der Waals surface area contributed by atoms with Crippen LogP contribution in [0.25, 0.3) is 21.1 Å². The summed E-state index contributed by atoms with van der Waals surface area (Å²) in [4.78, 5) is 24.7. The highest BCUT2D eigenvalue weighted by Gasteiger charge is 2.17. The molecule has 0 unspecified atom stereocenters. The van der Waals surface area contributed by atoms with E-state index in [1.54, 1.807) is 6.92 Å². The van der Waals surface area contributed by atoms with E-state index in [1.165, 1.54) is 18.4 Å². The predicted octanol–water partition coefficient (Wildman–Crippen LogP) is 3.38. The number of fused-ring (bicyclic) bond motifs is 3. The maximum atomic E-state index is 11.6. The predicted molar refractivity (Wildman–Crippen MR) is 79.6 cm³/mol. The Bertz CT molecular complexity index is 857. The smallest absolute Gasteiger partial charge is 0.348 e. The van der Waals surface area contributed by atoms with Gasteiger partial charge < -0.3 is 9.30 Å². The summed E-state index contributed by atoms with van der Waals surface area (Å²) in [5.41, 5.74) is 1.73. The van der Waals surface area contributed by atoms with Gasteiger partial charge in [-0.2, -0.15) is 0 Å². The van der Waals surface area contributed by atoms with Crippen molar-refractivity contribution >= 4 is 44.2 Å². The zero-order chi connectivity index (χ0) is 14.4. The van der Waals surface area contributed by atoms with Crippen LogP contribution < -0.4 is 0 Å². The van der Waals surface area contributed by atoms with Gasteiger partial charge in [0, 0.05) is 28.9 Å². The Kier molecular flexibility index (Phi) is 2.87. The molecule has 1 aromatic carbocycles. The van der Waals surface area contributed by atoms with Crippen LogP contribution in [0, 0.1) is 0 Å². The van der Waals surface area contributed by atoms with E-state index >= 15 is 0 Å². The van der Waals surface area contributed by atoms with Gasteiger partial charge in [0.05, 0.1) is 7.11 Å². The number of ketones is 1. The molecule has 2 aromatic heterocycles. The van der Waals surface area contributed by atoms with Crippen LogP contribution in [-0.2, 0) is 11.8 Å². The lowest BCUT2D eigenvalue weighted by Crippen LogP contribution is -1.97. The second-order valence-electron chi connectivity index (χ2n) is 4.67. The number of methoxy groups -OCH3 is 1. The first kappa shape index (κ1) is 12.9. The monoisotopic (exact) mass is 287 g/mol. The van der Waals surface area contributed by atoms with E-state index in [1.807, 2.05) is 35.9 Å². The largest absolute Gasteiger partial charge is 0.465 e. The molecule has 0 fully saturated rings. The fourth-order valence-corrected chi connectivity index (χ4v) is 3.46. The van der Waals surface area contributed by atoms with E-state index in [4.69, 9.17) is 4.74 Å². The van der Waals surface area contributed by atoms with Crippen LogP contribution in [0.5, 0.6) is 0 Å². The number of carbonyl (C=O) groups excluding carboxylic acids is 2. The van der Waals surface area contributed by atoms with Gasteiger partial charge in [-0.15, -0.1) is 11.3 Å². The van der Waals surface area contributed by atoms with Crippen molar-refractivity contribution in [2.24, 2.45) is 7.05 Å². The van der Waals surface area contributed by atoms with Gasteiger partial charge in [-0.1, -0.05) is 0 Å². The summed E-state index contributed by atoms with van der Waals surface area (Å²) in [6, 6.07) is 7.48. The highest BCUT2D eigenvalue weighted by atomic mass is 32.1. The second-order valence-corrected chi connectivity index (χ2v) is 5.70. The number of benzene rings is 1. The third-order valence-corrected chi connectivity index (χ3v) is 4.65. The first-order chi connectivity index (χ1) is 9.52. The molecule has 0 aliphatic carbocycles. The number of ether oxygens (including phenoxy) is 1. The van der Waals surface area contributed by atoms with Crippen LogP contribution >= 0.6 is 11.3 Å². The summed E-state index contributed by atoms with van der Waals surface area (Å²) in [6.07, 6.45) is 0. The molecule has 102 valence electrons. The summed E-state index contributed by atoms with van der Waals surface area (Å²) in [5.74, 6) is -0.297. The summed E-state index contributed by atoms with van der Waals surface area (Å²) in [7, 11) is 3.33. The molecule has 0 aliphatic heterocycles. The van der Waals surface area contributed by atoms with Crippen molar-refractivity contribution in [3.63, 3.8) is 0 Å². The van der Waals surface area contributed by atoms with Crippen LogP contribution in [0.1, 0.15) is 27.0 Å². The second kappa shape index (κ2) is 4.45. The SMILES string of the molecule is COC(=O)c1cc2c3cc(C(C)=O)ccc3n(C)c2s1. The highest BCUT2D eigenvalue weighted by molar-refractivity contribution is 7.20. The van der Waals surface area contributed by atoms with Crippen LogP contribution in [0.15, 0.2) is 24.3 Å². The van der Waals surface area contributed by atoms with Crippen molar-refractivity contribution in [1.82, 2.24) is 4.57 Å². The molecule has 5 heteroatoms. The summed E-state index contributed by atoms with van der Waals surface area (Å²) >= 11 is 1.40. The summed E-state index contributed by atoms with van der Waals surface area (Å²) in [6.45, 7) is 1.55. The molecule has 0 N–H and O–H groups in total. The molecule has 0 amide bonds. The topological polar surface area (TPSA) is 48.3 Å². The van der Waals surface area contributed by atoms with Crippen molar-refractivity contribution in [2.75, 3.05) is 7.11 Å². The number of Topliss-reactive ketones (excluding diaryl/α,β-unsaturated/α-hetero) is 1. The minimum Gasteiger partial charge on any atom is -0.465 e. The maximum absolute atomic E-state index is 11.6. The van der Waals surface area contributed by atoms with Crippen molar-refractivity contribution in [3.8, 4) is 0 Å². The number of aromatic nitrogens is 1. The third kappa shape index (κ3) is 1.74. The van der Waals surface area contributed by atoms with Gasteiger partial charge in [-0.3, -0.25) is 4.79 Å². The molecule has 0 atom stereocenters. The van der Waals surface area contributed by atoms with E-state index in [-0.39, 0.29) is 11.8 Å². The van der Waals surface area contributed by atoms with Gasteiger partial charge in [0.15, 0.2) is 5.78 Å². The zero-order valence-corrected chi connectivity index (χ0v) is 12.2. The normalized spacial score (nSPS) is 11.2. The van der Waals surface area contributed by atoms with Gasteiger partial charge in [-0.05, 0) is 31.2 Å². The van der Waals surface area contributed by atoms with E-state index in [0.717, 1.165) is 21.1 Å². The Morgan fingerprint density at radius 2 is 1.95 bits per heavy atom. The standard InChI is InChI=1S/C15H13NO3S/c1-8(17)9-4-5-12-10(6-9)11-7-13(15(18)19-3)20-14(11)16(12)2/h4-7H,1-3H3. The Balaban J connectivity index is 2.34. The Labute approximate surface area is 119 Å². The molecule has 4 nitrogen and oxygen atoms in total. The van der Waals surface area contributed by atoms with Crippen LogP contribution in [0.4, 0.5) is 0 Å².